The fraction of sp³-hybridized carbons (Fsp3) is 0.346. The predicted octanol–water partition coefficient (Wildman–Crippen LogP) is 4.35. The third-order valence-corrected chi connectivity index (χ3v) is 5.89. The predicted molar refractivity (Wildman–Crippen MR) is 129 cm³/mol. The molecule has 0 aliphatic rings. The number of hydrogen-bond acceptors (Lipinski definition) is 4. The zero-order valence-corrected chi connectivity index (χ0v) is 19.2. The summed E-state index contributed by atoms with van der Waals surface area (Å²) >= 11 is 0. The minimum Gasteiger partial charge on any atom is -0.361 e. The summed E-state index contributed by atoms with van der Waals surface area (Å²) in [6.45, 7) is 3.72. The third-order valence-electron chi connectivity index (χ3n) is 5.89. The van der Waals surface area contributed by atoms with E-state index in [-0.39, 0.29) is 18.0 Å². The van der Waals surface area contributed by atoms with Gasteiger partial charge in [-0.3, -0.25) is 13.9 Å². The molecule has 7 heteroatoms. The number of para-hydroxylation sites is 2. The van der Waals surface area contributed by atoms with Crippen LogP contribution >= 0.6 is 0 Å². The van der Waals surface area contributed by atoms with Crippen LogP contribution in [0, 0.1) is 0 Å². The molecule has 0 N–H and O–H groups in total. The van der Waals surface area contributed by atoms with Gasteiger partial charge >= 0.3 is 5.69 Å². The first-order chi connectivity index (χ1) is 16.1. The van der Waals surface area contributed by atoms with E-state index >= 15 is 0 Å². The molecule has 172 valence electrons. The van der Waals surface area contributed by atoms with E-state index in [1.807, 2.05) is 60.7 Å². The van der Waals surface area contributed by atoms with E-state index in [1.54, 1.807) is 21.1 Å². The average Bonchev–Trinajstić information content (AvgIpc) is 3.41. The highest BCUT2D eigenvalue weighted by Gasteiger charge is 2.15. The molecule has 0 unspecified atom stereocenters. The van der Waals surface area contributed by atoms with Crippen molar-refractivity contribution in [3.05, 3.63) is 76.9 Å². The van der Waals surface area contributed by atoms with Crippen LogP contribution in [0.1, 0.15) is 31.9 Å². The second kappa shape index (κ2) is 10.3. The summed E-state index contributed by atoms with van der Waals surface area (Å²) in [4.78, 5) is 27.3. The Balaban J connectivity index is 1.31. The molecular weight excluding hydrogens is 416 g/mol. The molecule has 0 fully saturated rings. The lowest BCUT2D eigenvalue weighted by Gasteiger charge is -2.16. The average molecular weight is 447 g/mol. The van der Waals surface area contributed by atoms with Crippen LogP contribution in [-0.2, 0) is 24.3 Å². The van der Waals surface area contributed by atoms with Crippen molar-refractivity contribution in [2.75, 3.05) is 13.6 Å². The van der Waals surface area contributed by atoms with E-state index in [1.165, 1.54) is 0 Å². The molecule has 33 heavy (non-hydrogen) atoms. The van der Waals surface area contributed by atoms with E-state index in [0.717, 1.165) is 40.9 Å². The smallest absolute Gasteiger partial charge is 0.329 e. The van der Waals surface area contributed by atoms with Crippen molar-refractivity contribution in [3.8, 4) is 11.3 Å². The van der Waals surface area contributed by atoms with Crippen molar-refractivity contribution >= 4 is 16.9 Å². The Kier molecular flexibility index (Phi) is 7.07. The number of amides is 1. The molecule has 0 atom stereocenters. The van der Waals surface area contributed by atoms with Gasteiger partial charge in [0, 0.05) is 51.2 Å². The van der Waals surface area contributed by atoms with Gasteiger partial charge in [-0.25, -0.2) is 4.79 Å². The van der Waals surface area contributed by atoms with Crippen molar-refractivity contribution in [2.24, 2.45) is 0 Å². The molecule has 0 spiro atoms. The minimum atomic E-state index is -0.0481. The molecule has 2 heterocycles. The van der Waals surface area contributed by atoms with Crippen LogP contribution in [0.4, 0.5) is 0 Å². The van der Waals surface area contributed by atoms with Gasteiger partial charge in [-0.2, -0.15) is 0 Å². The topological polar surface area (TPSA) is 73.3 Å². The Bertz CT molecular complexity index is 1270. The second-order valence-corrected chi connectivity index (χ2v) is 8.29. The summed E-state index contributed by atoms with van der Waals surface area (Å²) in [5, 5.41) is 4.14. The molecule has 0 radical (unpaired) electrons. The molecule has 2 aromatic heterocycles. The lowest BCUT2D eigenvalue weighted by atomic mass is 10.1. The van der Waals surface area contributed by atoms with Crippen molar-refractivity contribution in [1.29, 1.82) is 0 Å². The molecule has 7 nitrogen and oxygen atoms in total. The Morgan fingerprint density at radius 2 is 1.67 bits per heavy atom. The quantitative estimate of drug-likeness (QED) is 0.363. The number of aromatic nitrogens is 3. The summed E-state index contributed by atoms with van der Waals surface area (Å²) < 4.78 is 8.96. The molecular formula is C26H30N4O3. The lowest BCUT2D eigenvalue weighted by molar-refractivity contribution is -0.130. The van der Waals surface area contributed by atoms with Crippen LogP contribution in [0.15, 0.2) is 70.0 Å². The van der Waals surface area contributed by atoms with Crippen LogP contribution in [0.5, 0.6) is 0 Å². The highest BCUT2D eigenvalue weighted by Crippen LogP contribution is 2.19. The normalized spacial score (nSPS) is 11.2. The van der Waals surface area contributed by atoms with Crippen LogP contribution in [0.2, 0.25) is 0 Å². The molecule has 4 rings (SSSR count). The van der Waals surface area contributed by atoms with E-state index in [2.05, 4.69) is 12.1 Å². The molecule has 1 amide bonds. The van der Waals surface area contributed by atoms with Crippen molar-refractivity contribution in [2.45, 2.75) is 45.7 Å². The van der Waals surface area contributed by atoms with Gasteiger partial charge in [0.25, 0.3) is 0 Å². The first kappa shape index (κ1) is 22.6. The molecule has 0 aliphatic carbocycles. The Hall–Kier alpha value is -3.61. The Labute approximate surface area is 193 Å². The number of fused-ring (bicyclic) bond motifs is 1. The summed E-state index contributed by atoms with van der Waals surface area (Å²) in [7, 11) is 1.81. The largest absolute Gasteiger partial charge is 0.361 e. The number of nitrogens with zero attached hydrogens (tertiary/aromatic N) is 4. The fourth-order valence-electron chi connectivity index (χ4n) is 4.12. The van der Waals surface area contributed by atoms with E-state index in [0.29, 0.717) is 26.1 Å². The first-order valence-electron chi connectivity index (χ1n) is 11.5. The number of rotatable bonds is 10. The monoisotopic (exact) mass is 446 g/mol. The fourth-order valence-corrected chi connectivity index (χ4v) is 4.12. The maximum absolute atomic E-state index is 12.9. The lowest BCUT2D eigenvalue weighted by Crippen LogP contribution is -2.31. The van der Waals surface area contributed by atoms with Gasteiger partial charge in [0.2, 0.25) is 5.91 Å². The maximum atomic E-state index is 12.9. The van der Waals surface area contributed by atoms with Gasteiger partial charge < -0.3 is 9.42 Å². The number of aryl methyl sites for hydroxylation is 3. The molecule has 4 aromatic rings. The standard InChI is InChI=1S/C26H30N4O3/c1-3-16-29-23-13-7-8-14-24(23)30(26(29)32)18-15-25(31)28(2)17-9-12-21-19-22(27-33-21)20-10-5-4-6-11-20/h4-8,10-11,13-14,19H,3,9,12,15-18H2,1-2H3. The van der Waals surface area contributed by atoms with Crippen molar-refractivity contribution in [1.82, 2.24) is 19.2 Å². The highest BCUT2D eigenvalue weighted by atomic mass is 16.5. The van der Waals surface area contributed by atoms with E-state index in [4.69, 9.17) is 4.52 Å². The minimum absolute atomic E-state index is 0.0248. The first-order valence-corrected chi connectivity index (χ1v) is 11.5. The van der Waals surface area contributed by atoms with Crippen molar-refractivity contribution in [3.63, 3.8) is 0 Å². The van der Waals surface area contributed by atoms with Crippen LogP contribution < -0.4 is 5.69 Å². The molecule has 0 bridgehead atoms. The summed E-state index contributed by atoms with van der Waals surface area (Å²) in [5.41, 5.74) is 3.60. The highest BCUT2D eigenvalue weighted by molar-refractivity contribution is 5.78. The van der Waals surface area contributed by atoms with Gasteiger partial charge in [-0.05, 0) is 25.0 Å². The van der Waals surface area contributed by atoms with E-state index < -0.39 is 0 Å². The molecule has 0 saturated carbocycles. The maximum Gasteiger partial charge on any atom is 0.329 e. The third kappa shape index (κ3) is 5.08. The van der Waals surface area contributed by atoms with Crippen LogP contribution in [-0.4, -0.2) is 38.7 Å². The Morgan fingerprint density at radius 3 is 2.36 bits per heavy atom. The number of hydrogen-bond donors (Lipinski definition) is 0. The molecule has 0 aliphatic heterocycles. The van der Waals surface area contributed by atoms with Crippen LogP contribution in [0.3, 0.4) is 0 Å². The zero-order valence-electron chi connectivity index (χ0n) is 19.2. The number of benzene rings is 2. The number of carbonyl (C=O) groups is 1. The summed E-state index contributed by atoms with van der Waals surface area (Å²) in [6.07, 6.45) is 2.66. The Morgan fingerprint density at radius 1 is 1.00 bits per heavy atom. The van der Waals surface area contributed by atoms with Gasteiger partial charge in [0.1, 0.15) is 11.5 Å². The second-order valence-electron chi connectivity index (χ2n) is 8.29. The SMILES string of the molecule is CCCn1c(=O)n(CCC(=O)N(C)CCCc2cc(-c3ccccc3)no2)c2ccccc21. The van der Waals surface area contributed by atoms with Crippen molar-refractivity contribution < 1.29 is 9.32 Å². The number of imidazole rings is 1. The summed E-state index contributed by atoms with van der Waals surface area (Å²) in [5.74, 6) is 0.835. The molecule has 2 aromatic carbocycles. The van der Waals surface area contributed by atoms with Crippen LogP contribution in [0.25, 0.3) is 22.3 Å². The zero-order chi connectivity index (χ0) is 23.2. The van der Waals surface area contributed by atoms with Gasteiger partial charge in [-0.15, -0.1) is 0 Å². The summed E-state index contributed by atoms with van der Waals surface area (Å²) in [6, 6.07) is 19.6. The molecule has 0 saturated heterocycles. The number of carbonyl (C=O) groups excluding carboxylic acids is 1. The van der Waals surface area contributed by atoms with Gasteiger partial charge in [0.05, 0.1) is 11.0 Å². The van der Waals surface area contributed by atoms with Gasteiger partial charge in [0.15, 0.2) is 0 Å². The van der Waals surface area contributed by atoms with E-state index in [9.17, 15) is 9.59 Å². The van der Waals surface area contributed by atoms with Gasteiger partial charge in [-0.1, -0.05) is 54.5 Å².